The predicted octanol–water partition coefficient (Wildman–Crippen LogP) is 4.88. The van der Waals surface area contributed by atoms with Crippen molar-refractivity contribution in [2.24, 2.45) is 0 Å². The summed E-state index contributed by atoms with van der Waals surface area (Å²) in [6.07, 6.45) is 5.36. The van der Waals surface area contributed by atoms with Gasteiger partial charge in [-0.1, -0.05) is 30.3 Å². The van der Waals surface area contributed by atoms with Gasteiger partial charge in [-0.3, -0.25) is 4.72 Å². The van der Waals surface area contributed by atoms with Crippen molar-refractivity contribution in [2.45, 2.75) is 31.6 Å². The van der Waals surface area contributed by atoms with Crippen molar-refractivity contribution in [3.05, 3.63) is 90.0 Å². The average molecular weight is 549 g/mol. The molecule has 0 spiro atoms. The van der Waals surface area contributed by atoms with Crippen molar-refractivity contribution >= 4 is 21.7 Å². The Kier molecular flexibility index (Phi) is 7.99. The van der Waals surface area contributed by atoms with Gasteiger partial charge in [0.2, 0.25) is 21.9 Å². The van der Waals surface area contributed by atoms with Crippen LogP contribution in [0.5, 0.6) is 11.6 Å². The molecule has 1 fully saturated rings. The van der Waals surface area contributed by atoms with Crippen LogP contribution in [0.1, 0.15) is 24.0 Å². The number of rotatable bonds is 9. The molecule has 3 heterocycles. The average Bonchev–Trinajstić information content (AvgIpc) is 2.93. The van der Waals surface area contributed by atoms with E-state index in [4.69, 9.17) is 4.74 Å². The summed E-state index contributed by atoms with van der Waals surface area (Å²) in [7, 11) is -3.82. The molecule has 2 aromatic heterocycles. The van der Waals surface area contributed by atoms with Gasteiger partial charge in [0.1, 0.15) is 5.75 Å². The van der Waals surface area contributed by atoms with Crippen LogP contribution in [0.3, 0.4) is 0 Å². The molecule has 4 aromatic rings. The van der Waals surface area contributed by atoms with Crippen molar-refractivity contribution in [2.75, 3.05) is 23.1 Å². The van der Waals surface area contributed by atoms with Crippen LogP contribution in [-0.4, -0.2) is 42.5 Å². The Labute approximate surface area is 226 Å². The van der Waals surface area contributed by atoms with Crippen molar-refractivity contribution in [3.8, 4) is 22.9 Å². The van der Waals surface area contributed by atoms with E-state index in [0.717, 1.165) is 32.0 Å². The third-order valence-corrected chi connectivity index (χ3v) is 7.51. The highest BCUT2D eigenvalue weighted by Gasteiger charge is 2.19. The molecule has 3 N–H and O–H groups in total. The van der Waals surface area contributed by atoms with Crippen LogP contribution in [0.25, 0.3) is 11.3 Å². The Balaban J connectivity index is 1.35. The highest BCUT2D eigenvalue weighted by molar-refractivity contribution is 7.91. The van der Waals surface area contributed by atoms with Crippen molar-refractivity contribution in [1.82, 2.24) is 20.3 Å². The number of piperidine rings is 1. The fourth-order valence-electron chi connectivity index (χ4n) is 4.36. The molecule has 0 radical (unpaired) electrons. The summed E-state index contributed by atoms with van der Waals surface area (Å²) in [4.78, 5) is 13.3. The molecule has 1 aliphatic heterocycles. The Hall–Kier alpha value is -4.09. The predicted molar refractivity (Wildman–Crippen MR) is 149 cm³/mol. The number of ether oxygens (including phenoxy) is 1. The zero-order valence-electron chi connectivity index (χ0n) is 21.4. The highest BCUT2D eigenvalue weighted by atomic mass is 32.2. The molecule has 1 atom stereocenters. The number of pyridine rings is 1. The van der Waals surface area contributed by atoms with Crippen LogP contribution in [-0.2, 0) is 15.8 Å². The maximum Gasteiger partial charge on any atom is 0.237 e. The summed E-state index contributed by atoms with van der Waals surface area (Å²) in [6, 6.07) is 16.8. The van der Waals surface area contributed by atoms with Gasteiger partial charge in [0.15, 0.2) is 5.82 Å². The molecule has 1 aliphatic rings. The highest BCUT2D eigenvalue weighted by Crippen LogP contribution is 2.34. The largest absolute Gasteiger partial charge is 0.438 e. The maximum absolute atomic E-state index is 15.0. The molecule has 11 heteroatoms. The summed E-state index contributed by atoms with van der Waals surface area (Å²) in [5.74, 6) is -0.0835. The summed E-state index contributed by atoms with van der Waals surface area (Å²) < 4.78 is 48.7. The molecule has 0 saturated carbocycles. The van der Waals surface area contributed by atoms with E-state index in [9.17, 15) is 8.42 Å². The zero-order valence-corrected chi connectivity index (χ0v) is 22.2. The van der Waals surface area contributed by atoms with Gasteiger partial charge < -0.3 is 15.4 Å². The third-order valence-electron chi connectivity index (χ3n) is 6.27. The zero-order chi connectivity index (χ0) is 27.2. The van der Waals surface area contributed by atoms with E-state index in [-0.39, 0.29) is 29.1 Å². The van der Waals surface area contributed by atoms with Crippen molar-refractivity contribution in [3.63, 3.8) is 0 Å². The fraction of sp³-hybridized carbons (Fsp3) is 0.250. The molecule has 1 unspecified atom stereocenters. The number of halogens is 1. The van der Waals surface area contributed by atoms with Gasteiger partial charge in [0, 0.05) is 31.0 Å². The van der Waals surface area contributed by atoms with Crippen LogP contribution >= 0.6 is 0 Å². The van der Waals surface area contributed by atoms with Crippen molar-refractivity contribution < 1.29 is 17.5 Å². The lowest BCUT2D eigenvalue weighted by Gasteiger charge is -2.23. The molecule has 39 heavy (non-hydrogen) atoms. The SMILES string of the molecule is Cc1cc(NS(=O)(=O)Cc2ccccc2)c(F)cc1Oc1ncccc1-c1ccnc(NC2CCCNC2)n1. The molecule has 0 bridgehead atoms. The molecular weight excluding hydrogens is 519 g/mol. The number of aryl methyl sites for hydroxylation is 1. The lowest BCUT2D eigenvalue weighted by Crippen LogP contribution is -2.38. The first-order valence-corrected chi connectivity index (χ1v) is 14.3. The smallest absolute Gasteiger partial charge is 0.237 e. The molecule has 202 valence electrons. The minimum atomic E-state index is -3.82. The van der Waals surface area contributed by atoms with Crippen molar-refractivity contribution in [1.29, 1.82) is 0 Å². The van der Waals surface area contributed by atoms with E-state index in [1.165, 1.54) is 6.07 Å². The van der Waals surface area contributed by atoms with Gasteiger partial charge >= 0.3 is 0 Å². The summed E-state index contributed by atoms with van der Waals surface area (Å²) in [5, 5.41) is 6.72. The monoisotopic (exact) mass is 548 g/mol. The van der Waals surface area contributed by atoms with Crippen LogP contribution in [0, 0.1) is 12.7 Å². The summed E-state index contributed by atoms with van der Waals surface area (Å²) >= 11 is 0. The molecule has 0 aliphatic carbocycles. The number of hydrogen-bond acceptors (Lipinski definition) is 8. The fourth-order valence-corrected chi connectivity index (χ4v) is 5.55. The second kappa shape index (κ2) is 11.7. The van der Waals surface area contributed by atoms with E-state index in [2.05, 4.69) is 30.3 Å². The minimum absolute atomic E-state index is 0.152. The molecule has 2 aromatic carbocycles. The van der Waals surface area contributed by atoms with Crippen LogP contribution in [0.4, 0.5) is 16.0 Å². The first kappa shape index (κ1) is 26.5. The normalized spacial score (nSPS) is 15.5. The topological polar surface area (TPSA) is 118 Å². The number of nitrogens with one attached hydrogen (secondary N) is 3. The molecule has 5 rings (SSSR count). The second-order valence-electron chi connectivity index (χ2n) is 9.36. The second-order valence-corrected chi connectivity index (χ2v) is 11.1. The molecule has 1 saturated heterocycles. The number of anilines is 2. The van der Waals surface area contributed by atoms with Gasteiger partial charge in [-0.2, -0.15) is 0 Å². The van der Waals surface area contributed by atoms with Gasteiger partial charge in [0.25, 0.3) is 0 Å². The lowest BCUT2D eigenvalue weighted by molar-refractivity contribution is 0.456. The van der Waals surface area contributed by atoms with Crippen LogP contribution in [0.15, 0.2) is 73.1 Å². The number of aromatic nitrogens is 3. The summed E-state index contributed by atoms with van der Waals surface area (Å²) in [6.45, 7) is 3.56. The first-order valence-electron chi connectivity index (χ1n) is 12.6. The van der Waals surface area contributed by atoms with Gasteiger partial charge in [-0.15, -0.1) is 0 Å². The Morgan fingerprint density at radius 2 is 1.92 bits per heavy atom. The van der Waals surface area contributed by atoms with E-state index >= 15 is 4.39 Å². The number of sulfonamides is 1. The first-order chi connectivity index (χ1) is 18.9. The van der Waals surface area contributed by atoms with E-state index in [0.29, 0.717) is 28.3 Å². The molecule has 9 nitrogen and oxygen atoms in total. The lowest BCUT2D eigenvalue weighted by atomic mass is 10.1. The maximum atomic E-state index is 15.0. The third kappa shape index (κ3) is 6.87. The Morgan fingerprint density at radius 3 is 2.72 bits per heavy atom. The molecular formula is C28H29FN6O3S. The standard InChI is InChI=1S/C28H29FN6O3S/c1-19-15-25(35-39(36,37)18-20-7-3-2-4-8-20)23(29)16-26(19)38-27-22(10-6-13-31-27)24-11-14-32-28(34-24)33-21-9-5-12-30-17-21/h2-4,6-8,10-11,13-16,21,30,35H,5,9,12,17-18H2,1H3,(H,32,33,34). The van der Waals surface area contributed by atoms with E-state index in [1.54, 1.807) is 61.8 Å². The quantitative estimate of drug-likeness (QED) is 0.271. The summed E-state index contributed by atoms with van der Waals surface area (Å²) in [5.41, 5.74) is 2.18. The number of nitrogens with zero attached hydrogens (tertiary/aromatic N) is 3. The van der Waals surface area contributed by atoms with Gasteiger partial charge in [0.05, 0.1) is 22.7 Å². The van der Waals surface area contributed by atoms with Crippen LogP contribution in [0.2, 0.25) is 0 Å². The van der Waals surface area contributed by atoms with Gasteiger partial charge in [-0.05, 0) is 61.7 Å². The number of hydrogen-bond donors (Lipinski definition) is 3. The minimum Gasteiger partial charge on any atom is -0.438 e. The van der Waals surface area contributed by atoms with E-state index in [1.807, 2.05) is 6.07 Å². The molecule has 0 amide bonds. The Bertz CT molecular complexity index is 1550. The number of benzene rings is 2. The van der Waals surface area contributed by atoms with Gasteiger partial charge in [-0.25, -0.2) is 27.8 Å². The van der Waals surface area contributed by atoms with E-state index < -0.39 is 15.8 Å². The Morgan fingerprint density at radius 1 is 1.08 bits per heavy atom. The van der Waals surface area contributed by atoms with Crippen LogP contribution < -0.4 is 20.1 Å².